The summed E-state index contributed by atoms with van der Waals surface area (Å²) in [7, 11) is -3.81. The monoisotopic (exact) mass is 613 g/mol. The molecule has 3 rings (SSSR count). The Morgan fingerprint density at radius 2 is 1.71 bits per heavy atom. The van der Waals surface area contributed by atoms with Crippen LogP contribution in [0.4, 0.5) is 14.5 Å². The Morgan fingerprint density at radius 3 is 2.32 bits per heavy atom. The SMILES string of the molecule is CC(C(=O)NC1CCCCC1)N(Cc1ccc(Br)cc1)C(=O)CCCN(c1ccc(F)c(F)c1)S(C)(=O)=O. The summed E-state index contributed by atoms with van der Waals surface area (Å²) in [4.78, 5) is 28.0. The van der Waals surface area contributed by atoms with E-state index >= 15 is 0 Å². The van der Waals surface area contributed by atoms with E-state index in [2.05, 4.69) is 21.2 Å². The number of amides is 2. The zero-order valence-corrected chi connectivity index (χ0v) is 24.0. The third kappa shape index (κ3) is 8.49. The van der Waals surface area contributed by atoms with Crippen molar-refractivity contribution in [1.82, 2.24) is 10.2 Å². The molecular weight excluding hydrogens is 580 g/mol. The number of benzene rings is 2. The second-order valence-electron chi connectivity index (χ2n) is 9.70. The van der Waals surface area contributed by atoms with Crippen molar-refractivity contribution >= 4 is 43.5 Å². The Bertz CT molecular complexity index is 1220. The standard InChI is InChI=1S/C27H34BrF2N3O4S/c1-19(27(35)31-22-7-4-3-5-8-22)32(18-20-10-12-21(28)13-11-20)26(34)9-6-16-33(38(2,36)37)23-14-15-24(29)25(30)17-23/h10-15,17,19,22H,3-9,16,18H2,1-2H3,(H,31,35). The van der Waals surface area contributed by atoms with E-state index in [4.69, 9.17) is 0 Å². The van der Waals surface area contributed by atoms with E-state index in [0.717, 1.165) is 64.8 Å². The molecule has 0 aromatic heterocycles. The van der Waals surface area contributed by atoms with Gasteiger partial charge in [-0.05, 0) is 56.0 Å². The van der Waals surface area contributed by atoms with E-state index < -0.39 is 27.7 Å². The highest BCUT2D eigenvalue weighted by atomic mass is 79.9. The summed E-state index contributed by atoms with van der Waals surface area (Å²) in [5.74, 6) is -2.77. The fourth-order valence-corrected chi connectivity index (χ4v) is 5.80. The number of anilines is 1. The molecule has 0 saturated heterocycles. The minimum Gasteiger partial charge on any atom is -0.352 e. The number of nitrogens with one attached hydrogen (secondary N) is 1. The molecule has 2 aromatic rings. The molecule has 11 heteroatoms. The lowest BCUT2D eigenvalue weighted by molar-refractivity contribution is -0.141. The van der Waals surface area contributed by atoms with Crippen LogP contribution in [0.15, 0.2) is 46.9 Å². The Labute approximate surface area is 231 Å². The van der Waals surface area contributed by atoms with Crippen molar-refractivity contribution in [3.8, 4) is 0 Å². The topological polar surface area (TPSA) is 86.8 Å². The van der Waals surface area contributed by atoms with E-state index in [-0.39, 0.29) is 49.5 Å². The number of nitrogens with zero attached hydrogens (tertiary/aromatic N) is 2. The number of halogens is 3. The van der Waals surface area contributed by atoms with Crippen LogP contribution in [0.25, 0.3) is 0 Å². The van der Waals surface area contributed by atoms with Gasteiger partial charge < -0.3 is 10.2 Å². The summed E-state index contributed by atoms with van der Waals surface area (Å²) in [6, 6.07) is 9.67. The molecule has 1 aliphatic carbocycles. The van der Waals surface area contributed by atoms with Crippen molar-refractivity contribution in [2.45, 2.75) is 70.5 Å². The van der Waals surface area contributed by atoms with Gasteiger partial charge in [-0.25, -0.2) is 17.2 Å². The van der Waals surface area contributed by atoms with Gasteiger partial charge in [-0.15, -0.1) is 0 Å². The molecule has 7 nitrogen and oxygen atoms in total. The maximum absolute atomic E-state index is 13.8. The first kappa shape index (κ1) is 30.0. The zero-order chi connectivity index (χ0) is 27.9. The Hall–Kier alpha value is -2.53. The van der Waals surface area contributed by atoms with Crippen LogP contribution in [-0.4, -0.2) is 50.0 Å². The van der Waals surface area contributed by atoms with Gasteiger partial charge in [0.2, 0.25) is 21.8 Å². The third-order valence-corrected chi connectivity index (χ3v) is 8.45. The summed E-state index contributed by atoms with van der Waals surface area (Å²) in [5, 5.41) is 3.08. The molecular formula is C27H34BrF2N3O4S. The summed E-state index contributed by atoms with van der Waals surface area (Å²) in [5.41, 5.74) is 0.823. The number of carbonyl (C=O) groups excluding carboxylic acids is 2. The molecule has 2 aromatic carbocycles. The molecule has 1 atom stereocenters. The lowest BCUT2D eigenvalue weighted by atomic mass is 9.95. The molecule has 1 fully saturated rings. The second kappa shape index (κ2) is 13.5. The van der Waals surface area contributed by atoms with E-state index in [1.807, 2.05) is 24.3 Å². The minimum absolute atomic E-state index is 0.0224. The predicted molar refractivity (Wildman–Crippen MR) is 147 cm³/mol. The first-order valence-electron chi connectivity index (χ1n) is 12.7. The van der Waals surface area contributed by atoms with Gasteiger partial charge in [0.25, 0.3) is 0 Å². The van der Waals surface area contributed by atoms with Crippen LogP contribution < -0.4 is 9.62 Å². The first-order chi connectivity index (χ1) is 18.0. The summed E-state index contributed by atoms with van der Waals surface area (Å²) >= 11 is 3.40. The molecule has 2 amide bonds. The number of hydrogen-bond acceptors (Lipinski definition) is 4. The maximum atomic E-state index is 13.8. The van der Waals surface area contributed by atoms with Crippen molar-refractivity contribution in [2.24, 2.45) is 0 Å². The van der Waals surface area contributed by atoms with Crippen molar-refractivity contribution in [2.75, 3.05) is 17.1 Å². The van der Waals surface area contributed by atoms with Crippen LogP contribution in [0.2, 0.25) is 0 Å². The number of carbonyl (C=O) groups is 2. The molecule has 1 unspecified atom stereocenters. The lowest BCUT2D eigenvalue weighted by Crippen LogP contribution is -2.50. The van der Waals surface area contributed by atoms with Gasteiger partial charge in [0.15, 0.2) is 11.6 Å². The predicted octanol–water partition coefficient (Wildman–Crippen LogP) is 5.14. The van der Waals surface area contributed by atoms with Gasteiger partial charge in [0, 0.05) is 36.1 Å². The summed E-state index contributed by atoms with van der Waals surface area (Å²) < 4.78 is 53.7. The highest BCUT2D eigenvalue weighted by molar-refractivity contribution is 9.10. The van der Waals surface area contributed by atoms with Crippen LogP contribution in [0.3, 0.4) is 0 Å². The van der Waals surface area contributed by atoms with Crippen molar-refractivity contribution in [3.05, 3.63) is 64.1 Å². The van der Waals surface area contributed by atoms with Crippen molar-refractivity contribution in [3.63, 3.8) is 0 Å². The molecule has 0 radical (unpaired) electrons. The largest absolute Gasteiger partial charge is 0.352 e. The molecule has 0 spiro atoms. The average molecular weight is 615 g/mol. The highest BCUT2D eigenvalue weighted by Gasteiger charge is 2.28. The number of hydrogen-bond donors (Lipinski definition) is 1. The molecule has 1 N–H and O–H groups in total. The Morgan fingerprint density at radius 1 is 1.05 bits per heavy atom. The Balaban J connectivity index is 1.72. The quantitative estimate of drug-likeness (QED) is 0.380. The van der Waals surface area contributed by atoms with E-state index in [1.165, 1.54) is 11.0 Å². The van der Waals surface area contributed by atoms with E-state index in [0.29, 0.717) is 0 Å². The lowest BCUT2D eigenvalue weighted by Gasteiger charge is -2.31. The fraction of sp³-hybridized carbons (Fsp3) is 0.481. The van der Waals surface area contributed by atoms with E-state index in [1.54, 1.807) is 6.92 Å². The van der Waals surface area contributed by atoms with Crippen molar-refractivity contribution in [1.29, 1.82) is 0 Å². The molecule has 0 bridgehead atoms. The zero-order valence-electron chi connectivity index (χ0n) is 21.6. The molecule has 38 heavy (non-hydrogen) atoms. The van der Waals surface area contributed by atoms with Crippen LogP contribution >= 0.6 is 15.9 Å². The maximum Gasteiger partial charge on any atom is 0.242 e. The average Bonchev–Trinajstić information content (AvgIpc) is 2.87. The first-order valence-corrected chi connectivity index (χ1v) is 15.4. The second-order valence-corrected chi connectivity index (χ2v) is 12.5. The Kier molecular flexibility index (Phi) is 10.7. The van der Waals surface area contributed by atoms with Crippen LogP contribution in [0, 0.1) is 11.6 Å². The molecule has 1 aliphatic rings. The number of rotatable bonds is 11. The third-order valence-electron chi connectivity index (χ3n) is 6.73. The van der Waals surface area contributed by atoms with Crippen LogP contribution in [-0.2, 0) is 26.2 Å². The van der Waals surface area contributed by atoms with Gasteiger partial charge in [-0.3, -0.25) is 13.9 Å². The summed E-state index contributed by atoms with van der Waals surface area (Å²) in [6.45, 7) is 1.80. The minimum atomic E-state index is -3.81. The van der Waals surface area contributed by atoms with Crippen LogP contribution in [0.1, 0.15) is 57.4 Å². The van der Waals surface area contributed by atoms with Gasteiger partial charge in [0.05, 0.1) is 11.9 Å². The smallest absolute Gasteiger partial charge is 0.242 e. The van der Waals surface area contributed by atoms with Crippen LogP contribution in [0.5, 0.6) is 0 Å². The molecule has 1 saturated carbocycles. The molecule has 0 heterocycles. The van der Waals surface area contributed by atoms with Crippen molar-refractivity contribution < 1.29 is 26.8 Å². The number of sulfonamides is 1. The van der Waals surface area contributed by atoms with Gasteiger partial charge >= 0.3 is 0 Å². The highest BCUT2D eigenvalue weighted by Crippen LogP contribution is 2.22. The van der Waals surface area contributed by atoms with Gasteiger partial charge in [0.1, 0.15) is 6.04 Å². The van der Waals surface area contributed by atoms with Gasteiger partial charge in [-0.2, -0.15) is 0 Å². The normalized spacial score (nSPS) is 15.1. The molecule has 208 valence electrons. The van der Waals surface area contributed by atoms with Gasteiger partial charge in [-0.1, -0.05) is 47.3 Å². The van der Waals surface area contributed by atoms with E-state index in [9.17, 15) is 26.8 Å². The molecule has 0 aliphatic heterocycles. The fourth-order valence-electron chi connectivity index (χ4n) is 4.58. The summed E-state index contributed by atoms with van der Waals surface area (Å²) in [6.07, 6.45) is 6.19.